The lowest BCUT2D eigenvalue weighted by Crippen LogP contribution is -2.15. The Balaban J connectivity index is 1.58. The van der Waals surface area contributed by atoms with E-state index in [9.17, 15) is 8.42 Å². The predicted octanol–water partition coefficient (Wildman–Crippen LogP) is 5.55. The molecule has 0 spiro atoms. The lowest BCUT2D eigenvalue weighted by molar-refractivity contribution is 0.580. The van der Waals surface area contributed by atoms with Crippen LogP contribution in [-0.2, 0) is 22.1 Å². The second-order valence-electron chi connectivity index (χ2n) is 7.38. The number of aromatic nitrogens is 2. The molecule has 0 radical (unpaired) electrons. The summed E-state index contributed by atoms with van der Waals surface area (Å²) in [6.45, 7) is 0.312. The van der Waals surface area contributed by atoms with Gasteiger partial charge in [0.25, 0.3) is 0 Å². The van der Waals surface area contributed by atoms with Crippen LogP contribution in [0.25, 0.3) is 16.8 Å². The van der Waals surface area contributed by atoms with E-state index in [2.05, 4.69) is 18.2 Å². The first kappa shape index (κ1) is 20.6. The van der Waals surface area contributed by atoms with E-state index in [4.69, 9.17) is 16.7 Å². The molecule has 4 rings (SSSR count). The number of aryl methyl sites for hydroxylation is 1. The molecule has 4 nitrogen and oxygen atoms in total. The van der Waals surface area contributed by atoms with Gasteiger partial charge in [0.05, 0.1) is 18.1 Å². The molecule has 30 heavy (non-hydrogen) atoms. The van der Waals surface area contributed by atoms with Gasteiger partial charge in [-0.25, -0.2) is 8.42 Å². The fourth-order valence-corrected chi connectivity index (χ4v) is 4.95. The molecule has 6 heteroatoms. The maximum Gasteiger partial charge on any atom is 0.156 e. The number of allylic oxidation sites excluding steroid dienone is 4. The van der Waals surface area contributed by atoms with Crippen LogP contribution in [0.1, 0.15) is 24.0 Å². The minimum absolute atomic E-state index is 0.0396. The number of benzene rings is 2. The molecule has 1 aromatic heterocycles. The third kappa shape index (κ3) is 5.10. The van der Waals surface area contributed by atoms with Crippen molar-refractivity contribution in [2.45, 2.75) is 25.1 Å². The molecular weight excluding hydrogens is 416 g/mol. The van der Waals surface area contributed by atoms with Crippen molar-refractivity contribution in [2.75, 3.05) is 5.75 Å². The molecule has 0 saturated carbocycles. The van der Waals surface area contributed by atoms with Crippen LogP contribution in [-0.4, -0.2) is 24.0 Å². The van der Waals surface area contributed by atoms with Crippen molar-refractivity contribution in [2.24, 2.45) is 0 Å². The van der Waals surface area contributed by atoms with Crippen molar-refractivity contribution in [1.82, 2.24) is 9.78 Å². The number of rotatable bonds is 7. The van der Waals surface area contributed by atoms with Gasteiger partial charge in [0, 0.05) is 22.3 Å². The van der Waals surface area contributed by atoms with Crippen LogP contribution < -0.4 is 0 Å². The molecule has 0 unspecified atom stereocenters. The van der Waals surface area contributed by atoms with Crippen LogP contribution in [0.5, 0.6) is 0 Å². The molecule has 1 aliphatic rings. The standard InChI is InChI=1S/C24H23ClN2O2S/c25-22-13-11-21(12-14-22)24-23(20-9-5-2-6-10-20)17-27(26-24)15-16-30(28,29)18-19-7-3-1-4-8-19/h1,3-5,7-14,17H,2,6,15-16,18H2. The Kier molecular flexibility index (Phi) is 6.21. The van der Waals surface area contributed by atoms with E-state index in [0.717, 1.165) is 40.8 Å². The van der Waals surface area contributed by atoms with Gasteiger partial charge in [0.1, 0.15) is 5.69 Å². The summed E-state index contributed by atoms with van der Waals surface area (Å²) in [4.78, 5) is 0. The van der Waals surface area contributed by atoms with Crippen LogP contribution in [0.3, 0.4) is 0 Å². The van der Waals surface area contributed by atoms with E-state index in [1.807, 2.05) is 60.8 Å². The molecule has 2 aromatic carbocycles. The Labute approximate surface area is 182 Å². The fourth-order valence-electron chi connectivity index (χ4n) is 3.51. The van der Waals surface area contributed by atoms with Crippen molar-refractivity contribution in [3.8, 4) is 11.3 Å². The molecule has 1 aliphatic carbocycles. The summed E-state index contributed by atoms with van der Waals surface area (Å²) in [6, 6.07) is 16.8. The van der Waals surface area contributed by atoms with Crippen molar-refractivity contribution in [3.63, 3.8) is 0 Å². The highest BCUT2D eigenvalue weighted by molar-refractivity contribution is 7.90. The van der Waals surface area contributed by atoms with E-state index >= 15 is 0 Å². The summed E-state index contributed by atoms with van der Waals surface area (Å²) in [6.07, 6.45) is 10.4. The maximum atomic E-state index is 12.6. The largest absolute Gasteiger partial charge is 0.270 e. The Morgan fingerprint density at radius 3 is 2.47 bits per heavy atom. The summed E-state index contributed by atoms with van der Waals surface area (Å²) < 4.78 is 26.9. The van der Waals surface area contributed by atoms with Crippen LogP contribution >= 0.6 is 11.6 Å². The molecule has 0 amide bonds. The van der Waals surface area contributed by atoms with E-state index in [1.54, 1.807) is 4.68 Å². The lowest BCUT2D eigenvalue weighted by atomic mass is 9.97. The topological polar surface area (TPSA) is 52.0 Å². The highest BCUT2D eigenvalue weighted by atomic mass is 35.5. The van der Waals surface area contributed by atoms with E-state index in [0.29, 0.717) is 11.6 Å². The SMILES string of the molecule is O=S(=O)(CCn1cc(C2=CCCC=C2)c(-c2ccc(Cl)cc2)n1)Cc1ccccc1. The minimum Gasteiger partial charge on any atom is -0.270 e. The van der Waals surface area contributed by atoms with Crippen LogP contribution in [0, 0.1) is 0 Å². The van der Waals surface area contributed by atoms with Crippen LogP contribution in [0.15, 0.2) is 79.0 Å². The van der Waals surface area contributed by atoms with Gasteiger partial charge >= 0.3 is 0 Å². The highest BCUT2D eigenvalue weighted by Gasteiger charge is 2.17. The second-order valence-corrected chi connectivity index (χ2v) is 10.00. The smallest absolute Gasteiger partial charge is 0.156 e. The Morgan fingerprint density at radius 1 is 1.00 bits per heavy atom. The zero-order valence-corrected chi connectivity index (χ0v) is 18.1. The van der Waals surface area contributed by atoms with Gasteiger partial charge in [-0.2, -0.15) is 5.10 Å². The number of nitrogens with zero attached hydrogens (tertiary/aromatic N) is 2. The zero-order chi connectivity index (χ0) is 21.0. The first-order valence-corrected chi connectivity index (χ1v) is 12.1. The number of hydrogen-bond acceptors (Lipinski definition) is 3. The molecule has 154 valence electrons. The highest BCUT2D eigenvalue weighted by Crippen LogP contribution is 2.31. The molecule has 0 bridgehead atoms. The first-order valence-electron chi connectivity index (χ1n) is 9.95. The second kappa shape index (κ2) is 9.02. The first-order chi connectivity index (χ1) is 14.5. The van der Waals surface area contributed by atoms with Crippen molar-refractivity contribution in [1.29, 1.82) is 0 Å². The van der Waals surface area contributed by atoms with Crippen molar-refractivity contribution in [3.05, 3.63) is 95.2 Å². The molecule has 3 aromatic rings. The number of sulfone groups is 1. The number of halogens is 1. The molecule has 0 aliphatic heterocycles. The van der Waals surface area contributed by atoms with Gasteiger partial charge in [-0.1, -0.05) is 72.3 Å². The molecule has 0 N–H and O–H groups in total. The normalized spacial score (nSPS) is 14.0. The minimum atomic E-state index is -3.24. The van der Waals surface area contributed by atoms with Crippen LogP contribution in [0.4, 0.5) is 0 Å². The molecule has 0 fully saturated rings. The Hall–Kier alpha value is -2.63. The predicted molar refractivity (Wildman–Crippen MR) is 123 cm³/mol. The monoisotopic (exact) mass is 438 g/mol. The third-order valence-corrected chi connectivity index (χ3v) is 6.88. The summed E-state index contributed by atoms with van der Waals surface area (Å²) >= 11 is 6.04. The Bertz CT molecular complexity index is 1180. The average Bonchev–Trinajstić information content (AvgIpc) is 3.18. The quantitative estimate of drug-likeness (QED) is 0.485. The van der Waals surface area contributed by atoms with Gasteiger partial charge in [0.2, 0.25) is 0 Å². The maximum absolute atomic E-state index is 12.6. The summed E-state index contributed by atoms with van der Waals surface area (Å²) in [7, 11) is -3.24. The van der Waals surface area contributed by atoms with Gasteiger partial charge in [-0.15, -0.1) is 0 Å². The lowest BCUT2D eigenvalue weighted by Gasteiger charge is -2.07. The molecule has 1 heterocycles. The van der Waals surface area contributed by atoms with Gasteiger partial charge < -0.3 is 0 Å². The summed E-state index contributed by atoms with van der Waals surface area (Å²) in [5.74, 6) is 0.0812. The van der Waals surface area contributed by atoms with Crippen molar-refractivity contribution < 1.29 is 8.42 Å². The zero-order valence-electron chi connectivity index (χ0n) is 16.5. The van der Waals surface area contributed by atoms with E-state index in [-0.39, 0.29) is 11.5 Å². The van der Waals surface area contributed by atoms with Gasteiger partial charge in [0.15, 0.2) is 9.84 Å². The molecular formula is C24H23ClN2O2S. The van der Waals surface area contributed by atoms with Gasteiger partial charge in [-0.3, -0.25) is 4.68 Å². The van der Waals surface area contributed by atoms with E-state index in [1.165, 1.54) is 0 Å². The average molecular weight is 439 g/mol. The number of hydrogen-bond donors (Lipinski definition) is 0. The van der Waals surface area contributed by atoms with Crippen molar-refractivity contribution >= 4 is 27.0 Å². The molecule has 0 atom stereocenters. The fraction of sp³-hybridized carbons (Fsp3) is 0.208. The van der Waals surface area contributed by atoms with Crippen LogP contribution in [0.2, 0.25) is 5.02 Å². The van der Waals surface area contributed by atoms with E-state index < -0.39 is 9.84 Å². The Morgan fingerprint density at radius 2 is 1.77 bits per heavy atom. The summed E-state index contributed by atoms with van der Waals surface area (Å²) in [5.41, 5.74) is 4.72. The van der Waals surface area contributed by atoms with Gasteiger partial charge in [-0.05, 0) is 36.1 Å². The third-order valence-electron chi connectivity index (χ3n) is 5.05. The summed E-state index contributed by atoms with van der Waals surface area (Å²) in [5, 5.41) is 5.40. The molecule has 0 saturated heterocycles.